The van der Waals surface area contributed by atoms with Crippen molar-refractivity contribution < 1.29 is 32.1 Å². The van der Waals surface area contributed by atoms with E-state index in [9.17, 15) is 5.11 Å². The first-order valence-electron chi connectivity index (χ1n) is 20.7. The van der Waals surface area contributed by atoms with Crippen LogP contribution in [0, 0.1) is 0 Å². The second-order valence-corrected chi connectivity index (χ2v) is 20.7. The molecule has 7 nitrogen and oxygen atoms in total. The summed E-state index contributed by atoms with van der Waals surface area (Å²) in [6.45, 7) is 0. The van der Waals surface area contributed by atoms with Crippen LogP contribution in [0.5, 0.6) is 23.0 Å². The topological polar surface area (TPSA) is 113 Å². The molecule has 324 valence electrons. The minimum atomic E-state index is -4.67. The third-order valence-corrected chi connectivity index (χ3v) is 15.7. The zero-order valence-electron chi connectivity index (χ0n) is 34.4. The van der Waals surface area contributed by atoms with Crippen LogP contribution in [0.1, 0.15) is 37.6 Å². The molecule has 0 saturated heterocycles. The first kappa shape index (κ1) is 42.7. The van der Waals surface area contributed by atoms with E-state index in [1.807, 2.05) is 84.1 Å². The molecule has 1 spiro atoms. The van der Waals surface area contributed by atoms with Gasteiger partial charge in [-0.15, -0.1) is 22.7 Å². The number of rotatable bonds is 2. The van der Waals surface area contributed by atoms with Gasteiger partial charge in [0.05, 0.1) is 15.2 Å². The average molecular weight is 1050 g/mol. The Kier molecular flexibility index (Phi) is 10.6. The van der Waals surface area contributed by atoms with E-state index < -0.39 is 16.0 Å². The van der Waals surface area contributed by atoms with Crippen LogP contribution in [0.15, 0.2) is 197 Å². The van der Waals surface area contributed by atoms with Gasteiger partial charge in [0.15, 0.2) is 17.1 Å². The zero-order chi connectivity index (χ0) is 45.4. The van der Waals surface area contributed by atoms with Crippen LogP contribution in [0.2, 0.25) is 0 Å². The molecule has 66 heavy (non-hydrogen) atoms. The Morgan fingerprint density at radius 3 is 1.42 bits per heavy atom. The van der Waals surface area contributed by atoms with Gasteiger partial charge in [-0.25, -0.2) is 0 Å². The summed E-state index contributed by atoms with van der Waals surface area (Å²) in [5, 5.41) is 14.8. The lowest BCUT2D eigenvalue weighted by Gasteiger charge is -2.37. The molecule has 1 atom stereocenters. The molecular weight excluding hydrogens is 1020 g/mol. The summed E-state index contributed by atoms with van der Waals surface area (Å²) >= 11 is 10.6. The Morgan fingerprint density at radius 2 is 0.864 bits per heavy atom. The number of para-hydroxylation sites is 2. The maximum atomic E-state index is 12.6. The van der Waals surface area contributed by atoms with Crippen molar-refractivity contribution in [2.75, 3.05) is 0 Å². The molecule has 3 N–H and O–H groups in total. The fourth-order valence-electron chi connectivity index (χ4n) is 9.67. The summed E-state index contributed by atoms with van der Waals surface area (Å²) in [6.07, 6.45) is 0. The average Bonchev–Trinajstić information content (AvgIpc) is 3.97. The molecule has 2 aliphatic heterocycles. The van der Waals surface area contributed by atoms with Gasteiger partial charge in [-0.1, -0.05) is 171 Å². The molecule has 0 bridgehead atoms. The fourth-order valence-corrected chi connectivity index (χ4v) is 13.4. The van der Waals surface area contributed by atoms with Gasteiger partial charge >= 0.3 is 10.4 Å². The van der Waals surface area contributed by atoms with Crippen LogP contribution in [0.3, 0.4) is 0 Å². The van der Waals surface area contributed by atoms with Crippen molar-refractivity contribution in [1.29, 1.82) is 0 Å². The van der Waals surface area contributed by atoms with Gasteiger partial charge in [-0.3, -0.25) is 9.11 Å². The summed E-state index contributed by atoms with van der Waals surface area (Å²) < 4.78 is 48.9. The number of aliphatic hydroxyl groups is 1. The third-order valence-electron chi connectivity index (χ3n) is 12.2. The third kappa shape index (κ3) is 6.94. The number of thiophene rings is 2. The van der Waals surface area contributed by atoms with Crippen LogP contribution in [0.25, 0.3) is 42.4 Å². The highest BCUT2D eigenvalue weighted by Gasteiger charge is 2.52. The summed E-state index contributed by atoms with van der Waals surface area (Å²) in [5.41, 5.74) is 8.54. The Labute approximate surface area is 405 Å². The molecule has 0 radical (unpaired) electrons. The van der Waals surface area contributed by atoms with E-state index in [0.29, 0.717) is 5.75 Å². The second kappa shape index (κ2) is 16.4. The van der Waals surface area contributed by atoms with Crippen LogP contribution in [-0.4, -0.2) is 22.6 Å². The van der Waals surface area contributed by atoms with Crippen LogP contribution < -0.4 is 9.47 Å². The van der Waals surface area contributed by atoms with E-state index in [1.165, 1.54) is 42.8 Å². The van der Waals surface area contributed by atoms with Gasteiger partial charge in [0.25, 0.3) is 0 Å². The number of halogens is 2. The van der Waals surface area contributed by atoms with Gasteiger partial charge in [0.1, 0.15) is 11.5 Å². The van der Waals surface area contributed by atoms with Crippen molar-refractivity contribution in [1.82, 2.24) is 0 Å². The monoisotopic (exact) mass is 1050 g/mol. The second-order valence-electron chi connectivity index (χ2n) is 15.9. The van der Waals surface area contributed by atoms with E-state index in [4.69, 9.17) is 27.0 Å². The van der Waals surface area contributed by atoms with Crippen LogP contribution >= 0.6 is 54.5 Å². The predicted molar refractivity (Wildman–Crippen MR) is 271 cm³/mol. The molecular formula is C54H34Br2O7S3. The summed E-state index contributed by atoms with van der Waals surface area (Å²) in [4.78, 5) is 2.08. The molecule has 13 rings (SSSR count). The largest absolute Gasteiger partial charge is 0.455 e. The summed E-state index contributed by atoms with van der Waals surface area (Å²) in [6, 6.07) is 64.9. The SMILES string of the molecule is Brc1ccc2c3c(sc2c1)C1(c2ccccc2O3)c2ccccc2-c2ccccc21.O=S(=O)(O)O.OC1(c2ccccc2-c2ccccc2)c2ccccc2Oc2c1sc1cc(Br)ccc21. The number of hydrogen-bond donors (Lipinski definition) is 3. The summed E-state index contributed by atoms with van der Waals surface area (Å²) in [5.74, 6) is 3.35. The molecule has 0 fully saturated rings. The van der Waals surface area contributed by atoms with Gasteiger partial charge in [-0.2, -0.15) is 8.42 Å². The van der Waals surface area contributed by atoms with Crippen molar-refractivity contribution in [3.63, 3.8) is 0 Å². The lowest BCUT2D eigenvalue weighted by molar-refractivity contribution is 0.118. The first-order chi connectivity index (χ1) is 31.9. The first-order valence-corrected chi connectivity index (χ1v) is 25.3. The molecule has 2 aromatic heterocycles. The minimum absolute atomic E-state index is 0.354. The standard InChI is InChI=1S/C27H17BrO2S.C27H15BrOS.H2O4S/c28-18-14-15-20-24(16-18)31-26-25(20)30-23-13-7-6-12-22(23)27(26,29)21-11-5-4-10-19(21)17-8-2-1-3-9-17;28-16-13-14-19-24(15-16)30-26-25(19)29-23-12-6-5-11-22(23)27(26)20-9-3-1-7-17(20)18-8-2-4-10-21(18)27;1-5(2,3)4/h1-16,29H;1-15H;(H2,1,2,3,4). The fraction of sp³-hybridized carbons (Fsp3) is 0.0370. The van der Waals surface area contributed by atoms with E-state index >= 15 is 0 Å². The molecule has 12 heteroatoms. The normalized spacial score (nSPS) is 15.6. The number of benzene rings is 8. The molecule has 0 saturated carbocycles. The van der Waals surface area contributed by atoms with Crippen LogP contribution in [-0.2, 0) is 21.4 Å². The van der Waals surface area contributed by atoms with Gasteiger partial charge in [-0.05, 0) is 81.9 Å². The molecule has 1 aliphatic carbocycles. The van der Waals surface area contributed by atoms with Crippen molar-refractivity contribution in [3.05, 3.63) is 235 Å². The highest BCUT2D eigenvalue weighted by Crippen LogP contribution is 2.65. The summed E-state index contributed by atoms with van der Waals surface area (Å²) in [7, 11) is -4.67. The van der Waals surface area contributed by atoms with Crippen molar-refractivity contribution in [2.24, 2.45) is 0 Å². The van der Waals surface area contributed by atoms with Gasteiger partial charge < -0.3 is 14.6 Å². The maximum Gasteiger partial charge on any atom is 0.394 e. The Bertz CT molecular complexity index is 3610. The molecule has 10 aromatic rings. The highest BCUT2D eigenvalue weighted by atomic mass is 79.9. The van der Waals surface area contributed by atoms with Crippen molar-refractivity contribution in [3.8, 4) is 45.3 Å². The predicted octanol–water partition coefficient (Wildman–Crippen LogP) is 15.2. The van der Waals surface area contributed by atoms with E-state index in [1.54, 1.807) is 11.3 Å². The maximum absolute atomic E-state index is 12.6. The molecule has 0 amide bonds. The Morgan fingerprint density at radius 1 is 0.455 bits per heavy atom. The Balaban J connectivity index is 0.000000133. The van der Waals surface area contributed by atoms with Gasteiger partial charge in [0.2, 0.25) is 0 Å². The van der Waals surface area contributed by atoms with Crippen molar-refractivity contribution >= 4 is 85.1 Å². The Hall–Kier alpha value is -5.93. The number of ether oxygens (including phenoxy) is 2. The number of fused-ring (bicyclic) bond motifs is 15. The zero-order valence-corrected chi connectivity index (χ0v) is 40.0. The van der Waals surface area contributed by atoms with Gasteiger partial charge in [0, 0.05) is 45.8 Å². The lowest BCUT2D eigenvalue weighted by atomic mass is 9.69. The van der Waals surface area contributed by atoms with E-state index in [2.05, 4.69) is 147 Å². The van der Waals surface area contributed by atoms with E-state index in [-0.39, 0.29) is 5.41 Å². The highest BCUT2D eigenvalue weighted by molar-refractivity contribution is 9.10. The van der Waals surface area contributed by atoms with Crippen LogP contribution in [0.4, 0.5) is 0 Å². The molecule has 8 aromatic carbocycles. The quantitative estimate of drug-likeness (QED) is 0.148. The van der Waals surface area contributed by atoms with E-state index in [0.717, 1.165) is 63.4 Å². The smallest absolute Gasteiger partial charge is 0.394 e. The molecule has 4 heterocycles. The molecule has 3 aliphatic rings. The molecule has 1 unspecified atom stereocenters. The number of hydrogen-bond acceptors (Lipinski definition) is 7. The minimum Gasteiger partial charge on any atom is -0.455 e. The lowest BCUT2D eigenvalue weighted by Crippen LogP contribution is -2.31. The van der Waals surface area contributed by atoms with Crippen molar-refractivity contribution in [2.45, 2.75) is 11.0 Å².